The van der Waals surface area contributed by atoms with Gasteiger partial charge in [0, 0.05) is 31.6 Å². The molecule has 1 aliphatic rings. The summed E-state index contributed by atoms with van der Waals surface area (Å²) in [5.74, 6) is -1.66. The van der Waals surface area contributed by atoms with E-state index in [1.807, 2.05) is 0 Å². The minimum absolute atomic E-state index is 0.0789. The third-order valence-electron chi connectivity index (χ3n) is 5.13. The fourth-order valence-electron chi connectivity index (χ4n) is 3.22. The number of aryl methyl sites for hydroxylation is 1. The number of carbonyl (C=O) groups excluding carboxylic acids is 2. The number of sulfonamides is 1. The zero-order valence-electron chi connectivity index (χ0n) is 18.9. The van der Waals surface area contributed by atoms with E-state index in [1.54, 1.807) is 30.3 Å². The first-order valence-electron chi connectivity index (χ1n) is 11.0. The van der Waals surface area contributed by atoms with Crippen molar-refractivity contribution in [3.8, 4) is 0 Å². The summed E-state index contributed by atoms with van der Waals surface area (Å²) < 4.78 is 26.9. The monoisotopic (exact) mass is 501 g/mol. The lowest BCUT2D eigenvalue weighted by molar-refractivity contribution is -0.138. The lowest BCUT2D eigenvalue weighted by Crippen LogP contribution is -2.48. The van der Waals surface area contributed by atoms with Crippen LogP contribution in [0.15, 0.2) is 64.5 Å². The maximum atomic E-state index is 12.4. The SMILES string of the molecule is O=C(CCc1ccc(C(=O)NCC(NS(=O)(=O)c2ccccc2)C(=O)O)cc1)NC1=NCCCN1. The predicted molar refractivity (Wildman–Crippen MR) is 128 cm³/mol. The van der Waals surface area contributed by atoms with E-state index in [2.05, 4.69) is 25.7 Å². The predicted octanol–water partition coefficient (Wildman–Crippen LogP) is 0.246. The van der Waals surface area contributed by atoms with Gasteiger partial charge in [0.25, 0.3) is 5.91 Å². The quantitative estimate of drug-likeness (QED) is 0.311. The first kappa shape index (κ1) is 25.8. The number of carbonyl (C=O) groups is 3. The number of aliphatic imine (C=N–C) groups is 1. The Bertz CT molecular complexity index is 1180. The number of carboxylic acids is 1. The summed E-state index contributed by atoms with van der Waals surface area (Å²) in [5.41, 5.74) is 1.11. The second kappa shape index (κ2) is 12.1. The van der Waals surface area contributed by atoms with Gasteiger partial charge in [-0.25, -0.2) is 8.42 Å². The van der Waals surface area contributed by atoms with Crippen LogP contribution < -0.4 is 20.7 Å². The summed E-state index contributed by atoms with van der Waals surface area (Å²) in [7, 11) is -4.07. The van der Waals surface area contributed by atoms with Crippen molar-refractivity contribution in [2.75, 3.05) is 19.6 Å². The van der Waals surface area contributed by atoms with Crippen molar-refractivity contribution >= 4 is 33.8 Å². The van der Waals surface area contributed by atoms with E-state index in [-0.39, 0.29) is 22.8 Å². The molecule has 0 radical (unpaired) electrons. The molecule has 2 amide bonds. The average molecular weight is 502 g/mol. The molecular weight excluding hydrogens is 474 g/mol. The van der Waals surface area contributed by atoms with E-state index in [0.29, 0.717) is 18.9 Å². The Hall–Kier alpha value is -3.77. The highest BCUT2D eigenvalue weighted by molar-refractivity contribution is 7.89. The van der Waals surface area contributed by atoms with Gasteiger partial charge in [-0.1, -0.05) is 30.3 Å². The van der Waals surface area contributed by atoms with E-state index in [9.17, 15) is 27.9 Å². The lowest BCUT2D eigenvalue weighted by Gasteiger charge is -2.16. The Morgan fingerprint density at radius 1 is 1.06 bits per heavy atom. The highest BCUT2D eigenvalue weighted by atomic mass is 32.2. The van der Waals surface area contributed by atoms with Gasteiger partial charge < -0.3 is 15.7 Å². The molecule has 0 spiro atoms. The largest absolute Gasteiger partial charge is 0.480 e. The third-order valence-corrected chi connectivity index (χ3v) is 6.62. The summed E-state index contributed by atoms with van der Waals surface area (Å²) >= 11 is 0. The zero-order chi connectivity index (χ0) is 25.3. The highest BCUT2D eigenvalue weighted by Gasteiger charge is 2.26. The number of hydrogen-bond donors (Lipinski definition) is 5. The molecule has 1 heterocycles. The van der Waals surface area contributed by atoms with Gasteiger partial charge in [0.15, 0.2) is 5.96 Å². The summed E-state index contributed by atoms with van der Waals surface area (Å²) in [6.45, 7) is 1.01. The van der Waals surface area contributed by atoms with E-state index in [0.717, 1.165) is 18.5 Å². The molecule has 1 aliphatic heterocycles. The number of guanidine groups is 1. The van der Waals surface area contributed by atoms with E-state index >= 15 is 0 Å². The molecule has 1 unspecified atom stereocenters. The van der Waals surface area contributed by atoms with Gasteiger partial charge in [-0.15, -0.1) is 0 Å². The molecule has 2 aromatic carbocycles. The molecule has 0 saturated heterocycles. The first-order valence-corrected chi connectivity index (χ1v) is 12.5. The number of amides is 2. The summed E-state index contributed by atoms with van der Waals surface area (Å²) in [6, 6.07) is 12.3. The van der Waals surface area contributed by atoms with Crippen LogP contribution in [0.2, 0.25) is 0 Å². The molecule has 1 atom stereocenters. The third kappa shape index (κ3) is 7.90. The molecule has 0 saturated carbocycles. The van der Waals surface area contributed by atoms with Crippen LogP contribution in [-0.2, 0) is 26.0 Å². The number of rotatable bonds is 10. The second-order valence-corrected chi connectivity index (χ2v) is 9.50. The van der Waals surface area contributed by atoms with E-state index in [4.69, 9.17) is 0 Å². The maximum Gasteiger partial charge on any atom is 0.323 e. The van der Waals surface area contributed by atoms with Crippen molar-refractivity contribution in [2.45, 2.75) is 30.2 Å². The van der Waals surface area contributed by atoms with Crippen LogP contribution in [0.1, 0.15) is 28.8 Å². The van der Waals surface area contributed by atoms with Gasteiger partial charge in [-0.3, -0.25) is 24.7 Å². The van der Waals surface area contributed by atoms with Crippen molar-refractivity contribution < 1.29 is 27.9 Å². The number of hydrogen-bond acceptors (Lipinski definition) is 7. The van der Waals surface area contributed by atoms with E-state index in [1.165, 1.54) is 24.3 Å². The second-order valence-electron chi connectivity index (χ2n) is 7.79. The molecule has 0 fully saturated rings. The van der Waals surface area contributed by atoms with Gasteiger partial charge in [-0.05, 0) is 42.7 Å². The fourth-order valence-corrected chi connectivity index (χ4v) is 4.43. The molecular formula is C23H27N5O6S. The van der Waals surface area contributed by atoms with Crippen LogP contribution in [0.5, 0.6) is 0 Å². The molecule has 186 valence electrons. The number of aliphatic carboxylic acids is 1. The molecule has 0 aromatic heterocycles. The lowest BCUT2D eigenvalue weighted by atomic mass is 10.1. The van der Waals surface area contributed by atoms with Crippen LogP contribution in [0, 0.1) is 0 Å². The number of nitrogens with zero attached hydrogens (tertiary/aromatic N) is 1. The fraction of sp³-hybridized carbons (Fsp3) is 0.304. The molecule has 2 aromatic rings. The molecule has 11 nitrogen and oxygen atoms in total. The Kier molecular flexibility index (Phi) is 8.92. The molecule has 12 heteroatoms. The van der Waals surface area contributed by atoms with Crippen molar-refractivity contribution in [3.63, 3.8) is 0 Å². The van der Waals surface area contributed by atoms with Gasteiger partial charge in [0.2, 0.25) is 15.9 Å². The standard InChI is InChI=1S/C23H27N5O6S/c29-20(27-23-24-13-4-14-25-23)12-9-16-7-10-17(11-8-16)21(30)26-15-19(22(31)32)28-35(33,34)18-5-2-1-3-6-18/h1-3,5-8,10-11,19,28H,4,9,12-15H2,(H,26,30)(H,31,32)(H2,24,25,27,29). The normalized spacial score (nSPS) is 14.2. The Morgan fingerprint density at radius 3 is 2.40 bits per heavy atom. The van der Waals surface area contributed by atoms with Gasteiger partial charge in [0.05, 0.1) is 4.90 Å². The average Bonchev–Trinajstić information content (AvgIpc) is 2.86. The van der Waals surface area contributed by atoms with E-state index < -0.39 is 34.5 Å². The van der Waals surface area contributed by atoms with Gasteiger partial charge >= 0.3 is 5.97 Å². The topological polar surface area (TPSA) is 166 Å². The highest BCUT2D eigenvalue weighted by Crippen LogP contribution is 2.09. The molecule has 3 rings (SSSR count). The summed E-state index contributed by atoms with van der Waals surface area (Å²) in [4.78, 5) is 40.1. The molecule has 0 aliphatic carbocycles. The number of nitrogens with one attached hydrogen (secondary N) is 4. The van der Waals surface area contributed by atoms with Crippen LogP contribution in [-0.4, -0.2) is 62.9 Å². The molecule has 0 bridgehead atoms. The van der Waals surface area contributed by atoms with Gasteiger partial charge in [0.1, 0.15) is 6.04 Å². The van der Waals surface area contributed by atoms with Crippen LogP contribution in [0.25, 0.3) is 0 Å². The van der Waals surface area contributed by atoms with Crippen molar-refractivity contribution in [3.05, 3.63) is 65.7 Å². The van der Waals surface area contributed by atoms with Crippen LogP contribution in [0.4, 0.5) is 0 Å². The van der Waals surface area contributed by atoms with Crippen LogP contribution in [0.3, 0.4) is 0 Å². The Labute approximate surface area is 203 Å². The van der Waals surface area contributed by atoms with Crippen molar-refractivity contribution in [2.24, 2.45) is 4.99 Å². The summed E-state index contributed by atoms with van der Waals surface area (Å²) in [6.07, 6.45) is 1.64. The Morgan fingerprint density at radius 2 is 1.77 bits per heavy atom. The molecule has 35 heavy (non-hydrogen) atoms. The maximum absolute atomic E-state index is 12.4. The summed E-state index contributed by atoms with van der Waals surface area (Å²) in [5, 5.41) is 17.6. The smallest absolute Gasteiger partial charge is 0.323 e. The van der Waals surface area contributed by atoms with Crippen molar-refractivity contribution in [1.82, 2.24) is 20.7 Å². The number of benzene rings is 2. The number of carboxylic acid groups (broad SMARTS) is 1. The zero-order valence-corrected chi connectivity index (χ0v) is 19.7. The Balaban J connectivity index is 1.50. The van der Waals surface area contributed by atoms with Crippen molar-refractivity contribution in [1.29, 1.82) is 0 Å². The van der Waals surface area contributed by atoms with Gasteiger partial charge in [-0.2, -0.15) is 4.72 Å². The first-order chi connectivity index (χ1) is 16.7. The minimum Gasteiger partial charge on any atom is -0.480 e. The van der Waals surface area contributed by atoms with Crippen LogP contribution >= 0.6 is 0 Å². The minimum atomic E-state index is -4.07. The molecule has 5 N–H and O–H groups in total.